The second kappa shape index (κ2) is 5.61. The Bertz CT molecular complexity index is 269. The Labute approximate surface area is 108 Å². The number of carbonyl (C=O) groups excluding carboxylic acids is 1. The molecule has 98 valence electrons. The zero-order valence-electron chi connectivity index (χ0n) is 10.6. The lowest BCUT2D eigenvalue weighted by Gasteiger charge is -2.27. The highest BCUT2D eigenvalue weighted by molar-refractivity contribution is 7.99. The van der Waals surface area contributed by atoms with Gasteiger partial charge >= 0.3 is 0 Å². The van der Waals surface area contributed by atoms with Crippen molar-refractivity contribution in [1.29, 1.82) is 0 Å². The first-order valence-electron chi connectivity index (χ1n) is 6.67. The van der Waals surface area contributed by atoms with Gasteiger partial charge in [-0.2, -0.15) is 11.8 Å². The Morgan fingerprint density at radius 3 is 2.71 bits per heavy atom. The van der Waals surface area contributed by atoms with Gasteiger partial charge in [-0.05, 0) is 43.8 Å². The molecule has 2 aliphatic rings. The molecule has 1 heterocycles. The molecule has 3 nitrogen and oxygen atoms in total. The summed E-state index contributed by atoms with van der Waals surface area (Å²) in [6, 6.07) is 0. The van der Waals surface area contributed by atoms with Crippen LogP contribution in [0.1, 0.15) is 39.0 Å². The third-order valence-corrected chi connectivity index (χ3v) is 5.30. The Morgan fingerprint density at radius 1 is 1.41 bits per heavy atom. The number of carbonyl (C=O) groups is 1. The zero-order chi connectivity index (χ0) is 12.3. The highest BCUT2D eigenvalue weighted by Gasteiger charge is 2.33. The zero-order valence-corrected chi connectivity index (χ0v) is 11.4. The van der Waals surface area contributed by atoms with Gasteiger partial charge < -0.3 is 10.4 Å². The second-order valence-corrected chi connectivity index (χ2v) is 6.81. The van der Waals surface area contributed by atoms with Crippen molar-refractivity contribution in [2.75, 3.05) is 18.1 Å². The molecular weight excluding hydrogens is 234 g/mol. The maximum absolute atomic E-state index is 12.0. The lowest BCUT2D eigenvalue weighted by molar-refractivity contribution is -0.127. The van der Waals surface area contributed by atoms with Gasteiger partial charge in [0.15, 0.2) is 0 Å². The van der Waals surface area contributed by atoms with E-state index >= 15 is 0 Å². The van der Waals surface area contributed by atoms with Gasteiger partial charge in [-0.1, -0.05) is 6.92 Å². The third-order valence-electron chi connectivity index (χ3n) is 4.06. The van der Waals surface area contributed by atoms with Crippen LogP contribution in [0, 0.1) is 11.8 Å². The first kappa shape index (κ1) is 13.2. The van der Waals surface area contributed by atoms with Crippen LogP contribution in [0.5, 0.6) is 0 Å². The Hall–Kier alpha value is -0.220. The minimum atomic E-state index is -0.651. The highest BCUT2D eigenvalue weighted by atomic mass is 32.2. The van der Waals surface area contributed by atoms with Gasteiger partial charge in [-0.25, -0.2) is 0 Å². The standard InChI is InChI=1S/C13H23NO2S/c1-10-2-4-11(5-3-10)12(15)14-8-13(16)6-7-17-9-13/h10-11,16H,2-9H2,1H3,(H,14,15). The molecule has 17 heavy (non-hydrogen) atoms. The van der Waals surface area contributed by atoms with E-state index in [2.05, 4.69) is 12.2 Å². The number of hydrogen-bond donors (Lipinski definition) is 2. The Kier molecular flexibility index (Phi) is 4.36. The molecule has 1 unspecified atom stereocenters. The summed E-state index contributed by atoms with van der Waals surface area (Å²) in [5.74, 6) is 2.88. The molecule has 1 saturated carbocycles. The van der Waals surface area contributed by atoms with Gasteiger partial charge in [0.2, 0.25) is 5.91 Å². The second-order valence-electron chi connectivity index (χ2n) is 5.70. The van der Waals surface area contributed by atoms with Gasteiger partial charge in [-0.3, -0.25) is 4.79 Å². The van der Waals surface area contributed by atoms with Gasteiger partial charge in [-0.15, -0.1) is 0 Å². The molecule has 2 N–H and O–H groups in total. The Balaban J connectivity index is 1.73. The maximum Gasteiger partial charge on any atom is 0.223 e. The van der Waals surface area contributed by atoms with Gasteiger partial charge in [0, 0.05) is 18.2 Å². The fraction of sp³-hybridized carbons (Fsp3) is 0.923. The molecule has 1 aliphatic carbocycles. The normalized spacial score (nSPS) is 38.0. The van der Waals surface area contributed by atoms with E-state index in [-0.39, 0.29) is 11.8 Å². The largest absolute Gasteiger partial charge is 0.387 e. The molecule has 0 bridgehead atoms. The molecular formula is C13H23NO2S. The molecule has 1 saturated heterocycles. The number of rotatable bonds is 3. The molecule has 0 radical (unpaired) electrons. The summed E-state index contributed by atoms with van der Waals surface area (Å²) in [6.07, 6.45) is 5.16. The fourth-order valence-corrected chi connectivity index (χ4v) is 3.95. The summed E-state index contributed by atoms with van der Waals surface area (Å²) in [7, 11) is 0. The fourth-order valence-electron chi connectivity index (χ4n) is 2.65. The van der Waals surface area contributed by atoms with Crippen LogP contribution in [0.2, 0.25) is 0 Å². The van der Waals surface area contributed by atoms with Crippen LogP contribution in [0.4, 0.5) is 0 Å². The quantitative estimate of drug-likeness (QED) is 0.810. The molecule has 1 amide bonds. The lowest BCUT2D eigenvalue weighted by Crippen LogP contribution is -2.45. The van der Waals surface area contributed by atoms with E-state index in [1.807, 2.05) is 0 Å². The van der Waals surface area contributed by atoms with Crippen LogP contribution in [0.25, 0.3) is 0 Å². The van der Waals surface area contributed by atoms with E-state index in [4.69, 9.17) is 0 Å². The van der Waals surface area contributed by atoms with Crippen molar-refractivity contribution in [3.05, 3.63) is 0 Å². The molecule has 4 heteroatoms. The van der Waals surface area contributed by atoms with Gasteiger partial charge in [0.05, 0.1) is 5.60 Å². The number of hydrogen-bond acceptors (Lipinski definition) is 3. The van der Waals surface area contributed by atoms with Crippen LogP contribution < -0.4 is 5.32 Å². The average Bonchev–Trinajstić information content (AvgIpc) is 2.75. The Morgan fingerprint density at radius 2 is 2.12 bits per heavy atom. The number of nitrogens with one attached hydrogen (secondary N) is 1. The molecule has 0 aromatic heterocycles. The van der Waals surface area contributed by atoms with E-state index < -0.39 is 5.60 Å². The minimum absolute atomic E-state index is 0.155. The number of aliphatic hydroxyl groups is 1. The minimum Gasteiger partial charge on any atom is -0.387 e. The van der Waals surface area contributed by atoms with Gasteiger partial charge in [0.1, 0.15) is 0 Å². The summed E-state index contributed by atoms with van der Waals surface area (Å²) in [5.41, 5.74) is -0.651. The van der Waals surface area contributed by atoms with Crippen LogP contribution in [0.3, 0.4) is 0 Å². The number of thioether (sulfide) groups is 1. The van der Waals surface area contributed by atoms with E-state index in [9.17, 15) is 9.90 Å². The summed E-state index contributed by atoms with van der Waals surface area (Å²) < 4.78 is 0. The van der Waals surface area contributed by atoms with Crippen LogP contribution in [-0.4, -0.2) is 34.7 Å². The van der Waals surface area contributed by atoms with E-state index in [0.29, 0.717) is 6.54 Å². The third kappa shape index (κ3) is 3.62. The van der Waals surface area contributed by atoms with Crippen molar-refractivity contribution in [2.24, 2.45) is 11.8 Å². The smallest absolute Gasteiger partial charge is 0.223 e. The highest BCUT2D eigenvalue weighted by Crippen LogP contribution is 2.29. The summed E-state index contributed by atoms with van der Waals surface area (Å²) >= 11 is 1.77. The van der Waals surface area contributed by atoms with Crippen LogP contribution >= 0.6 is 11.8 Å². The summed E-state index contributed by atoms with van der Waals surface area (Å²) in [4.78, 5) is 12.0. The predicted octanol–water partition coefficient (Wildman–Crippen LogP) is 1.80. The lowest BCUT2D eigenvalue weighted by atomic mass is 9.82. The average molecular weight is 257 g/mol. The van der Waals surface area contributed by atoms with E-state index in [1.165, 1.54) is 0 Å². The molecule has 0 aromatic carbocycles. The SMILES string of the molecule is CC1CCC(C(=O)NCC2(O)CCSC2)CC1. The predicted molar refractivity (Wildman–Crippen MR) is 71.0 cm³/mol. The molecule has 0 spiro atoms. The first-order chi connectivity index (χ1) is 8.09. The van der Waals surface area contributed by atoms with Crippen LogP contribution in [0.15, 0.2) is 0 Å². The summed E-state index contributed by atoms with van der Waals surface area (Å²) in [5, 5.41) is 13.1. The van der Waals surface area contributed by atoms with Crippen LogP contribution in [-0.2, 0) is 4.79 Å². The molecule has 2 fully saturated rings. The topological polar surface area (TPSA) is 49.3 Å². The van der Waals surface area contributed by atoms with E-state index in [0.717, 1.165) is 49.5 Å². The molecule has 1 aliphatic heterocycles. The number of amides is 1. The maximum atomic E-state index is 12.0. The van der Waals surface area contributed by atoms with Crippen molar-refractivity contribution in [1.82, 2.24) is 5.32 Å². The van der Waals surface area contributed by atoms with Crippen molar-refractivity contribution >= 4 is 17.7 Å². The van der Waals surface area contributed by atoms with Gasteiger partial charge in [0.25, 0.3) is 0 Å². The molecule has 2 rings (SSSR count). The molecule has 1 atom stereocenters. The van der Waals surface area contributed by atoms with Crippen molar-refractivity contribution in [2.45, 2.75) is 44.6 Å². The van der Waals surface area contributed by atoms with Crippen molar-refractivity contribution in [3.63, 3.8) is 0 Å². The summed E-state index contributed by atoms with van der Waals surface area (Å²) in [6.45, 7) is 2.69. The van der Waals surface area contributed by atoms with Crippen molar-refractivity contribution in [3.8, 4) is 0 Å². The first-order valence-corrected chi connectivity index (χ1v) is 7.82. The monoisotopic (exact) mass is 257 g/mol. The van der Waals surface area contributed by atoms with Crippen molar-refractivity contribution < 1.29 is 9.90 Å². The molecule has 0 aromatic rings. The van der Waals surface area contributed by atoms with E-state index in [1.54, 1.807) is 11.8 Å².